The smallest absolute Gasteiger partial charge is 0.224 e. The molecule has 1 saturated carbocycles. The first-order valence-corrected chi connectivity index (χ1v) is 5.74. The highest BCUT2D eigenvalue weighted by Crippen LogP contribution is 2.24. The van der Waals surface area contributed by atoms with E-state index in [9.17, 15) is 9.90 Å². The van der Waals surface area contributed by atoms with Crippen LogP contribution in [-0.2, 0) is 4.79 Å². The minimum atomic E-state index is -0.377. The first-order chi connectivity index (χ1) is 7.00. The largest absolute Gasteiger partial charge is 0.393 e. The zero-order valence-corrected chi connectivity index (χ0v) is 9.57. The van der Waals surface area contributed by atoms with Crippen molar-refractivity contribution in [2.24, 2.45) is 11.7 Å². The Bertz CT molecular complexity index is 219. The highest BCUT2D eigenvalue weighted by Gasteiger charge is 2.30. The van der Waals surface area contributed by atoms with E-state index in [2.05, 4.69) is 5.32 Å². The summed E-state index contributed by atoms with van der Waals surface area (Å²) in [5.74, 6) is 0.0228. The summed E-state index contributed by atoms with van der Waals surface area (Å²) in [7, 11) is 0. The molecule has 0 bridgehead atoms. The highest BCUT2D eigenvalue weighted by molar-refractivity contribution is 5.79. The average Bonchev–Trinajstić information content (AvgIpc) is 2.49. The van der Waals surface area contributed by atoms with Gasteiger partial charge in [-0.25, -0.2) is 0 Å². The van der Waals surface area contributed by atoms with Gasteiger partial charge in [-0.05, 0) is 33.1 Å². The summed E-state index contributed by atoms with van der Waals surface area (Å²) < 4.78 is 0. The number of rotatable bonds is 4. The van der Waals surface area contributed by atoms with Crippen molar-refractivity contribution in [3.63, 3.8) is 0 Å². The molecule has 0 aromatic rings. The van der Waals surface area contributed by atoms with Crippen LogP contribution in [0.3, 0.4) is 0 Å². The highest BCUT2D eigenvalue weighted by atomic mass is 16.3. The number of carbonyl (C=O) groups is 1. The Kier molecular flexibility index (Phi) is 4.54. The number of nitrogens with one attached hydrogen (secondary N) is 1. The molecule has 1 aliphatic rings. The normalized spacial score (nSPS) is 29.9. The molecule has 0 aromatic heterocycles. The van der Waals surface area contributed by atoms with E-state index in [-0.39, 0.29) is 30.0 Å². The number of aliphatic hydroxyl groups excluding tert-OH is 1. The third-order valence-corrected chi connectivity index (χ3v) is 2.99. The number of hydrogen-bond acceptors (Lipinski definition) is 3. The van der Waals surface area contributed by atoms with Crippen molar-refractivity contribution in [3.05, 3.63) is 0 Å². The Hall–Kier alpha value is -0.610. The first kappa shape index (κ1) is 12.5. The summed E-state index contributed by atoms with van der Waals surface area (Å²) >= 11 is 0. The lowest BCUT2D eigenvalue weighted by Gasteiger charge is -2.20. The van der Waals surface area contributed by atoms with Crippen LogP contribution in [0, 0.1) is 5.92 Å². The van der Waals surface area contributed by atoms with Gasteiger partial charge in [-0.15, -0.1) is 0 Å². The van der Waals surface area contributed by atoms with Crippen LogP contribution < -0.4 is 11.1 Å². The van der Waals surface area contributed by atoms with Crippen molar-refractivity contribution < 1.29 is 9.90 Å². The molecule has 0 radical (unpaired) electrons. The molecule has 88 valence electrons. The molecule has 4 unspecified atom stereocenters. The van der Waals surface area contributed by atoms with Gasteiger partial charge in [0.15, 0.2) is 0 Å². The fourth-order valence-electron chi connectivity index (χ4n) is 2.23. The van der Waals surface area contributed by atoms with E-state index in [1.807, 2.05) is 6.92 Å². The van der Waals surface area contributed by atoms with Crippen LogP contribution in [0.4, 0.5) is 0 Å². The van der Waals surface area contributed by atoms with E-state index in [0.717, 1.165) is 19.3 Å². The molecule has 4 atom stereocenters. The first-order valence-electron chi connectivity index (χ1n) is 5.74. The van der Waals surface area contributed by atoms with Crippen molar-refractivity contribution in [1.29, 1.82) is 0 Å². The zero-order valence-electron chi connectivity index (χ0n) is 9.57. The van der Waals surface area contributed by atoms with Crippen LogP contribution in [0.2, 0.25) is 0 Å². The van der Waals surface area contributed by atoms with Crippen LogP contribution in [0.5, 0.6) is 0 Å². The van der Waals surface area contributed by atoms with Gasteiger partial charge < -0.3 is 16.2 Å². The fourth-order valence-corrected chi connectivity index (χ4v) is 2.23. The number of carbonyl (C=O) groups excluding carboxylic acids is 1. The van der Waals surface area contributed by atoms with Gasteiger partial charge in [-0.3, -0.25) is 4.79 Å². The van der Waals surface area contributed by atoms with Crippen LogP contribution in [0.25, 0.3) is 0 Å². The van der Waals surface area contributed by atoms with E-state index in [4.69, 9.17) is 5.73 Å². The minimum absolute atomic E-state index is 0.0174. The molecular weight excluding hydrogens is 192 g/mol. The lowest BCUT2D eigenvalue weighted by atomic mass is 10.0. The van der Waals surface area contributed by atoms with Crippen LogP contribution in [-0.4, -0.2) is 29.2 Å². The van der Waals surface area contributed by atoms with E-state index < -0.39 is 0 Å². The summed E-state index contributed by atoms with van der Waals surface area (Å²) in [4.78, 5) is 11.8. The van der Waals surface area contributed by atoms with Crippen molar-refractivity contribution in [2.45, 2.75) is 57.7 Å². The molecule has 0 spiro atoms. The van der Waals surface area contributed by atoms with Gasteiger partial charge in [0.2, 0.25) is 5.91 Å². The van der Waals surface area contributed by atoms with E-state index in [0.29, 0.717) is 6.42 Å². The molecule has 0 heterocycles. The third kappa shape index (κ3) is 3.80. The second kappa shape index (κ2) is 5.47. The molecule has 0 aromatic carbocycles. The molecule has 0 aliphatic heterocycles. The monoisotopic (exact) mass is 214 g/mol. The predicted molar refractivity (Wildman–Crippen MR) is 59.2 cm³/mol. The van der Waals surface area contributed by atoms with Gasteiger partial charge >= 0.3 is 0 Å². The average molecular weight is 214 g/mol. The minimum Gasteiger partial charge on any atom is -0.393 e. The van der Waals surface area contributed by atoms with Gasteiger partial charge in [0, 0.05) is 12.1 Å². The summed E-state index contributed by atoms with van der Waals surface area (Å²) in [6.07, 6.45) is 3.10. The topological polar surface area (TPSA) is 75.3 Å². The van der Waals surface area contributed by atoms with E-state index >= 15 is 0 Å². The van der Waals surface area contributed by atoms with E-state index in [1.165, 1.54) is 0 Å². The Morgan fingerprint density at radius 1 is 1.53 bits per heavy atom. The summed E-state index contributed by atoms with van der Waals surface area (Å²) in [5, 5.41) is 12.1. The molecule has 4 heteroatoms. The number of aliphatic hydroxyl groups is 1. The number of hydrogen-bond donors (Lipinski definition) is 3. The summed E-state index contributed by atoms with van der Waals surface area (Å²) in [6, 6.07) is 0.0362. The number of amides is 1. The van der Waals surface area contributed by atoms with Crippen molar-refractivity contribution >= 4 is 5.91 Å². The quantitative estimate of drug-likeness (QED) is 0.633. The standard InChI is InChI=1S/C11H22N2O2/c1-7(6-8(2)14)13-11(15)9-4-3-5-10(9)12/h7-10,14H,3-6,12H2,1-2H3,(H,13,15). The van der Waals surface area contributed by atoms with Gasteiger partial charge in [-0.1, -0.05) is 6.42 Å². The van der Waals surface area contributed by atoms with Crippen molar-refractivity contribution in [2.75, 3.05) is 0 Å². The molecular formula is C11H22N2O2. The van der Waals surface area contributed by atoms with Gasteiger partial charge in [-0.2, -0.15) is 0 Å². The summed E-state index contributed by atoms with van der Waals surface area (Å²) in [6.45, 7) is 3.63. The second-order valence-corrected chi connectivity index (χ2v) is 4.70. The molecule has 1 fully saturated rings. The molecule has 4 nitrogen and oxygen atoms in total. The van der Waals surface area contributed by atoms with Crippen molar-refractivity contribution in [3.8, 4) is 0 Å². The van der Waals surface area contributed by atoms with Gasteiger partial charge in [0.25, 0.3) is 0 Å². The molecule has 1 aliphatic carbocycles. The fraction of sp³-hybridized carbons (Fsp3) is 0.909. The van der Waals surface area contributed by atoms with Crippen molar-refractivity contribution in [1.82, 2.24) is 5.32 Å². The Balaban J connectivity index is 2.34. The maximum Gasteiger partial charge on any atom is 0.224 e. The molecule has 1 amide bonds. The van der Waals surface area contributed by atoms with E-state index in [1.54, 1.807) is 6.92 Å². The predicted octanol–water partition coefficient (Wildman–Crippen LogP) is 0.389. The molecule has 15 heavy (non-hydrogen) atoms. The lowest BCUT2D eigenvalue weighted by Crippen LogP contribution is -2.43. The van der Waals surface area contributed by atoms with Crippen LogP contribution in [0.15, 0.2) is 0 Å². The Labute approximate surface area is 91.2 Å². The maximum absolute atomic E-state index is 11.8. The van der Waals surface area contributed by atoms with Crippen LogP contribution in [0.1, 0.15) is 39.5 Å². The number of nitrogens with two attached hydrogens (primary N) is 1. The molecule has 1 rings (SSSR count). The molecule has 0 saturated heterocycles. The molecule has 4 N–H and O–H groups in total. The maximum atomic E-state index is 11.8. The SMILES string of the molecule is CC(O)CC(C)NC(=O)C1CCCC1N. The zero-order chi connectivity index (χ0) is 11.4. The van der Waals surface area contributed by atoms with Crippen LogP contribution >= 0.6 is 0 Å². The Morgan fingerprint density at radius 3 is 2.67 bits per heavy atom. The van der Waals surface area contributed by atoms with Gasteiger partial charge in [0.05, 0.1) is 12.0 Å². The summed E-state index contributed by atoms with van der Waals surface area (Å²) in [5.41, 5.74) is 5.85. The Morgan fingerprint density at radius 2 is 2.20 bits per heavy atom. The second-order valence-electron chi connectivity index (χ2n) is 4.70. The third-order valence-electron chi connectivity index (χ3n) is 2.99. The lowest BCUT2D eigenvalue weighted by molar-refractivity contribution is -0.125. The van der Waals surface area contributed by atoms with Gasteiger partial charge in [0.1, 0.15) is 0 Å².